The third-order valence-electron chi connectivity index (χ3n) is 1.58. The van der Waals surface area contributed by atoms with Crippen molar-refractivity contribution >= 4 is 11.8 Å². The fourth-order valence-corrected chi connectivity index (χ4v) is 2.10. The fraction of sp³-hybridized carbons (Fsp3) is 0.714. The van der Waals surface area contributed by atoms with Crippen molar-refractivity contribution in [3.05, 3.63) is 11.8 Å². The van der Waals surface area contributed by atoms with Crippen LogP contribution in [0.25, 0.3) is 0 Å². The minimum Gasteiger partial charge on any atom is -0.400 e. The zero-order valence-corrected chi connectivity index (χ0v) is 7.80. The molecule has 2 unspecified atom stereocenters. The molecule has 0 radical (unpaired) electrons. The van der Waals surface area contributed by atoms with E-state index < -0.39 is 0 Å². The summed E-state index contributed by atoms with van der Waals surface area (Å²) in [6, 6.07) is 0. The molecule has 4 N–H and O–H groups in total. The molecule has 2 aliphatic rings. The summed E-state index contributed by atoms with van der Waals surface area (Å²) >= 11 is 1.63. The van der Waals surface area contributed by atoms with Gasteiger partial charge in [-0.3, -0.25) is 0 Å². The lowest BCUT2D eigenvalue weighted by atomic mass is 10.3. The van der Waals surface area contributed by atoms with Gasteiger partial charge in [0.25, 0.3) is 0 Å². The summed E-state index contributed by atoms with van der Waals surface area (Å²) in [5.74, 6) is 0. The summed E-state index contributed by atoms with van der Waals surface area (Å²) in [7, 11) is 1.00. The zero-order chi connectivity index (χ0) is 8.97. The molecule has 2 heterocycles. The van der Waals surface area contributed by atoms with E-state index >= 15 is 0 Å². The lowest BCUT2D eigenvalue weighted by Crippen LogP contribution is -2.28. The van der Waals surface area contributed by atoms with Gasteiger partial charge in [-0.15, -0.1) is 0 Å². The summed E-state index contributed by atoms with van der Waals surface area (Å²) in [6.07, 6.45) is 3.17. The van der Waals surface area contributed by atoms with Gasteiger partial charge in [-0.2, -0.15) is 0 Å². The van der Waals surface area contributed by atoms with E-state index in [0.717, 1.165) is 25.8 Å². The van der Waals surface area contributed by atoms with Crippen LogP contribution in [0.5, 0.6) is 0 Å². The molecule has 0 amide bonds. The lowest BCUT2D eigenvalue weighted by Gasteiger charge is -2.15. The molecule has 2 atom stereocenters. The maximum Gasteiger partial charge on any atom is 0.145 e. The number of nitrogens with two attached hydrogens (primary N) is 1. The third-order valence-corrected chi connectivity index (χ3v) is 2.63. The molecule has 2 rings (SSSR count). The molecule has 70 valence electrons. The second-order valence-electron chi connectivity index (χ2n) is 2.35. The van der Waals surface area contributed by atoms with Crippen molar-refractivity contribution < 1.29 is 9.84 Å². The molecule has 0 aromatic rings. The number of hydrogen-bond donors (Lipinski definition) is 3. The van der Waals surface area contributed by atoms with Crippen molar-refractivity contribution in [2.75, 3.05) is 13.7 Å². The topological polar surface area (TPSA) is 67.5 Å². The Bertz CT molecular complexity index is 175. The van der Waals surface area contributed by atoms with E-state index in [1.807, 2.05) is 0 Å². The minimum absolute atomic E-state index is 0.0225. The van der Waals surface area contributed by atoms with Crippen molar-refractivity contribution in [2.45, 2.75) is 17.4 Å². The zero-order valence-electron chi connectivity index (χ0n) is 6.99. The highest BCUT2D eigenvalue weighted by Crippen LogP contribution is 2.30. The van der Waals surface area contributed by atoms with E-state index in [-0.39, 0.29) is 10.9 Å². The van der Waals surface area contributed by atoms with Crippen LogP contribution in [0.15, 0.2) is 11.8 Å². The van der Waals surface area contributed by atoms with E-state index in [9.17, 15) is 0 Å². The quantitative estimate of drug-likeness (QED) is 0.494. The monoisotopic (exact) mass is 190 g/mol. The Morgan fingerprint density at radius 2 is 2.50 bits per heavy atom. The number of fused-ring (bicyclic) bond motifs is 1. The number of aliphatic hydroxyl groups is 1. The minimum atomic E-state index is 0.0225. The maximum absolute atomic E-state index is 7.00. The first-order valence-electron chi connectivity index (χ1n) is 3.80. The second-order valence-corrected chi connectivity index (χ2v) is 3.56. The Labute approximate surface area is 76.2 Å². The fourth-order valence-electron chi connectivity index (χ4n) is 1.15. The predicted octanol–water partition coefficient (Wildman–Crippen LogP) is -0.196. The van der Waals surface area contributed by atoms with Crippen LogP contribution >= 0.6 is 11.8 Å². The van der Waals surface area contributed by atoms with E-state index in [2.05, 4.69) is 11.4 Å². The molecule has 0 aromatic heterocycles. The standard InChI is InChI=1S/C6H10N2OS.CH4O/c7-6-8-4-2-1-3-9-5(4)10-6;1-2/h2,5-6,8H,1,3,7H2;2H,1H3. The SMILES string of the molecule is CO.NC1NC2=CCCOC2S1. The van der Waals surface area contributed by atoms with Gasteiger partial charge in [-0.05, 0) is 6.42 Å². The first-order chi connectivity index (χ1) is 5.86. The Morgan fingerprint density at radius 3 is 3.17 bits per heavy atom. The van der Waals surface area contributed by atoms with E-state index in [0.29, 0.717) is 0 Å². The van der Waals surface area contributed by atoms with Crippen LogP contribution < -0.4 is 11.1 Å². The molecule has 0 spiro atoms. The first kappa shape index (κ1) is 9.85. The summed E-state index contributed by atoms with van der Waals surface area (Å²) in [5.41, 5.74) is 6.99. The summed E-state index contributed by atoms with van der Waals surface area (Å²) in [4.78, 5) is 0. The molecule has 0 aliphatic carbocycles. The largest absolute Gasteiger partial charge is 0.400 e. The Hall–Kier alpha value is -0.230. The van der Waals surface area contributed by atoms with Gasteiger partial charge in [0, 0.05) is 12.8 Å². The van der Waals surface area contributed by atoms with E-state index in [1.54, 1.807) is 11.8 Å². The second kappa shape index (κ2) is 4.71. The molecule has 4 nitrogen and oxygen atoms in total. The van der Waals surface area contributed by atoms with Crippen LogP contribution in [0.3, 0.4) is 0 Å². The number of aliphatic hydroxyl groups excluding tert-OH is 1. The molecule has 0 aromatic carbocycles. The van der Waals surface area contributed by atoms with Crippen LogP contribution in [0.1, 0.15) is 6.42 Å². The van der Waals surface area contributed by atoms with Crippen LogP contribution in [0.2, 0.25) is 0 Å². The van der Waals surface area contributed by atoms with Gasteiger partial charge in [0.05, 0.1) is 6.61 Å². The van der Waals surface area contributed by atoms with Gasteiger partial charge >= 0.3 is 0 Å². The van der Waals surface area contributed by atoms with Gasteiger partial charge in [0.2, 0.25) is 0 Å². The smallest absolute Gasteiger partial charge is 0.145 e. The van der Waals surface area contributed by atoms with Crippen LogP contribution in [-0.2, 0) is 4.74 Å². The van der Waals surface area contributed by atoms with Crippen molar-refractivity contribution in [3.8, 4) is 0 Å². The normalized spacial score (nSPS) is 32.4. The molecule has 12 heavy (non-hydrogen) atoms. The van der Waals surface area contributed by atoms with Crippen molar-refractivity contribution in [1.82, 2.24) is 5.32 Å². The van der Waals surface area contributed by atoms with Crippen LogP contribution in [-0.4, -0.2) is 29.8 Å². The third kappa shape index (κ3) is 2.13. The molecule has 1 saturated heterocycles. The Balaban J connectivity index is 0.000000336. The Morgan fingerprint density at radius 1 is 1.75 bits per heavy atom. The van der Waals surface area contributed by atoms with Crippen molar-refractivity contribution in [3.63, 3.8) is 0 Å². The highest BCUT2D eigenvalue weighted by Gasteiger charge is 2.28. The average Bonchev–Trinajstić information content (AvgIpc) is 2.48. The Kier molecular flexibility index (Phi) is 3.87. The van der Waals surface area contributed by atoms with Crippen molar-refractivity contribution in [1.29, 1.82) is 0 Å². The van der Waals surface area contributed by atoms with E-state index in [4.69, 9.17) is 15.6 Å². The first-order valence-corrected chi connectivity index (χ1v) is 4.74. The van der Waals surface area contributed by atoms with Crippen molar-refractivity contribution in [2.24, 2.45) is 5.73 Å². The van der Waals surface area contributed by atoms with Gasteiger partial charge in [0.1, 0.15) is 10.9 Å². The molecular formula is C7H14N2O2S. The molecule has 0 saturated carbocycles. The number of ether oxygens (including phenoxy) is 1. The molecule has 1 fully saturated rings. The van der Waals surface area contributed by atoms with Gasteiger partial charge in [0.15, 0.2) is 0 Å². The number of nitrogens with one attached hydrogen (secondary N) is 1. The average molecular weight is 190 g/mol. The lowest BCUT2D eigenvalue weighted by molar-refractivity contribution is 0.127. The summed E-state index contributed by atoms with van der Waals surface area (Å²) in [5, 5.41) is 10.1. The van der Waals surface area contributed by atoms with Crippen LogP contribution in [0.4, 0.5) is 0 Å². The van der Waals surface area contributed by atoms with Gasteiger partial charge in [-0.25, -0.2) is 0 Å². The maximum atomic E-state index is 7.00. The number of thioether (sulfide) groups is 1. The van der Waals surface area contributed by atoms with Crippen LogP contribution in [0, 0.1) is 0 Å². The predicted molar refractivity (Wildman–Crippen MR) is 49.3 cm³/mol. The van der Waals surface area contributed by atoms with Gasteiger partial charge in [-0.1, -0.05) is 17.8 Å². The highest BCUT2D eigenvalue weighted by atomic mass is 32.2. The summed E-state index contributed by atoms with van der Waals surface area (Å²) in [6.45, 7) is 0.829. The number of hydrogen-bond acceptors (Lipinski definition) is 5. The van der Waals surface area contributed by atoms with E-state index in [1.165, 1.54) is 0 Å². The molecule has 0 bridgehead atoms. The number of rotatable bonds is 0. The molecule has 5 heteroatoms. The molecule has 2 aliphatic heterocycles. The van der Waals surface area contributed by atoms with Gasteiger partial charge < -0.3 is 20.9 Å². The highest BCUT2D eigenvalue weighted by molar-refractivity contribution is 8.00. The summed E-state index contributed by atoms with van der Waals surface area (Å²) < 4.78 is 5.42. The molecular weight excluding hydrogens is 176 g/mol.